The van der Waals surface area contributed by atoms with Gasteiger partial charge in [-0.1, -0.05) is 46.9 Å². The number of benzene rings is 2. The average Bonchev–Trinajstić information content (AvgIpc) is 3.58. The molecule has 1 aliphatic rings. The maximum absolute atomic E-state index is 15.5. The first-order valence-corrected chi connectivity index (χ1v) is 14.8. The fraction of sp³-hybridized carbons (Fsp3) is 0.353. The third-order valence-electron chi connectivity index (χ3n) is 7.50. The summed E-state index contributed by atoms with van der Waals surface area (Å²) < 4.78 is 34.5. The zero-order valence-electron chi connectivity index (χ0n) is 26.8. The number of hydrogen-bond acceptors (Lipinski definition) is 4. The Kier molecular flexibility index (Phi) is 10.6. The highest BCUT2D eigenvalue weighted by Gasteiger charge is 2.33. The second-order valence-electron chi connectivity index (χ2n) is 9.98. The largest absolute Gasteiger partial charge is 0.388 e. The summed E-state index contributed by atoms with van der Waals surface area (Å²) >= 11 is 0. The van der Waals surface area contributed by atoms with Gasteiger partial charge in [-0.25, -0.2) is 18.3 Å². The predicted molar refractivity (Wildman–Crippen MR) is 174 cm³/mol. The van der Waals surface area contributed by atoms with Crippen LogP contribution in [-0.4, -0.2) is 37.4 Å². The van der Waals surface area contributed by atoms with Gasteiger partial charge in [-0.2, -0.15) is 5.10 Å². The first-order valence-electron chi connectivity index (χ1n) is 14.8. The molecule has 5 rings (SSSR count). The zero-order valence-corrected chi connectivity index (χ0v) is 26.8. The minimum absolute atomic E-state index is 0.109. The molecule has 0 unspecified atom stereocenters. The Morgan fingerprint density at radius 3 is 2.21 bits per heavy atom. The van der Waals surface area contributed by atoms with Crippen LogP contribution in [-0.2, 0) is 6.42 Å². The molecule has 1 atom stereocenters. The van der Waals surface area contributed by atoms with Crippen LogP contribution in [0.5, 0.6) is 0 Å². The molecule has 2 aromatic carbocycles. The van der Waals surface area contributed by atoms with Gasteiger partial charge in [0.05, 0.1) is 23.1 Å². The van der Waals surface area contributed by atoms with Gasteiger partial charge in [-0.15, -0.1) is 0 Å². The number of imidazole rings is 1. The van der Waals surface area contributed by atoms with Crippen molar-refractivity contribution in [1.82, 2.24) is 23.8 Å². The lowest BCUT2D eigenvalue weighted by atomic mass is 9.99. The van der Waals surface area contributed by atoms with E-state index in [2.05, 4.69) is 30.3 Å². The number of aromatic nitrogens is 4. The molecule has 1 N–H and O–H groups in total. The summed E-state index contributed by atoms with van der Waals surface area (Å²) in [5, 5.41) is 7.86. The van der Waals surface area contributed by atoms with Crippen LogP contribution in [0.1, 0.15) is 75.5 Å². The lowest BCUT2D eigenvalue weighted by Crippen LogP contribution is -2.33. The Hall–Kier alpha value is -4.40. The molecule has 0 saturated heterocycles. The van der Waals surface area contributed by atoms with Crippen LogP contribution in [0.4, 0.5) is 14.5 Å². The predicted octanol–water partition coefficient (Wildman–Crippen LogP) is 7.90. The van der Waals surface area contributed by atoms with Crippen LogP contribution in [0.25, 0.3) is 23.3 Å². The van der Waals surface area contributed by atoms with E-state index >= 15 is 4.39 Å². The van der Waals surface area contributed by atoms with Crippen molar-refractivity contribution in [2.75, 3.05) is 18.9 Å². The van der Waals surface area contributed by atoms with Crippen LogP contribution in [0.3, 0.4) is 0 Å². The summed E-state index contributed by atoms with van der Waals surface area (Å²) in [6, 6.07) is 6.60. The van der Waals surface area contributed by atoms with Gasteiger partial charge in [-0.3, -0.25) is 9.13 Å². The maximum Gasteiger partial charge on any atom is 0.338 e. The number of rotatable bonds is 6. The van der Waals surface area contributed by atoms with Gasteiger partial charge in [0.1, 0.15) is 11.6 Å². The fourth-order valence-electron chi connectivity index (χ4n) is 5.54. The highest BCUT2D eigenvalue weighted by Crippen LogP contribution is 2.37. The van der Waals surface area contributed by atoms with E-state index in [0.717, 1.165) is 23.5 Å². The molecule has 7 nitrogen and oxygen atoms in total. The Balaban J connectivity index is 0.00000121. The molecule has 0 radical (unpaired) electrons. The lowest BCUT2D eigenvalue weighted by molar-refractivity contribution is 0.257. The van der Waals surface area contributed by atoms with E-state index in [-0.39, 0.29) is 23.1 Å². The van der Waals surface area contributed by atoms with E-state index in [1.807, 2.05) is 34.6 Å². The monoisotopic (exact) mass is 590 g/mol. The molecule has 0 saturated carbocycles. The third kappa shape index (κ3) is 5.81. The van der Waals surface area contributed by atoms with Crippen molar-refractivity contribution >= 4 is 11.8 Å². The Morgan fingerprint density at radius 2 is 1.65 bits per heavy atom. The number of hydrogen-bond donors (Lipinski definition) is 1. The quantitative estimate of drug-likeness (QED) is 0.248. The molecular formula is C34H44F2N6O. The number of fused-ring (bicyclic) bond motifs is 1. The smallest absolute Gasteiger partial charge is 0.338 e. The number of nitrogens with zero attached hydrogens (tertiary/aromatic N) is 5. The normalized spacial score (nSPS) is 13.7. The molecule has 1 aliphatic heterocycles. The van der Waals surface area contributed by atoms with Crippen molar-refractivity contribution in [3.05, 3.63) is 106 Å². The first kappa shape index (κ1) is 33.1. The maximum atomic E-state index is 15.5. The molecule has 3 heterocycles. The topological polar surface area (TPSA) is 60.0 Å². The van der Waals surface area contributed by atoms with Crippen molar-refractivity contribution in [3.8, 4) is 17.2 Å². The van der Waals surface area contributed by atoms with Gasteiger partial charge in [0, 0.05) is 54.9 Å². The van der Waals surface area contributed by atoms with Gasteiger partial charge < -0.3 is 10.2 Å². The summed E-state index contributed by atoms with van der Waals surface area (Å²) in [7, 11) is 1.70. The van der Waals surface area contributed by atoms with Crippen LogP contribution < -0.4 is 11.0 Å². The van der Waals surface area contributed by atoms with E-state index < -0.39 is 11.5 Å². The summed E-state index contributed by atoms with van der Waals surface area (Å²) in [6.07, 6.45) is 5.24. The molecule has 0 bridgehead atoms. The number of aryl methyl sites for hydroxylation is 2. The Labute approximate surface area is 253 Å². The Bertz CT molecular complexity index is 1670. The minimum Gasteiger partial charge on any atom is -0.388 e. The second kappa shape index (κ2) is 13.7. The average molecular weight is 591 g/mol. The summed E-state index contributed by atoms with van der Waals surface area (Å²) in [5.74, 6) is -0.298. The first-order chi connectivity index (χ1) is 20.6. The number of nitrogens with one attached hydrogen (secondary N) is 1. The van der Waals surface area contributed by atoms with Gasteiger partial charge in [-0.05, 0) is 63.1 Å². The van der Waals surface area contributed by atoms with Crippen molar-refractivity contribution in [3.63, 3.8) is 0 Å². The van der Waals surface area contributed by atoms with E-state index in [4.69, 9.17) is 5.10 Å². The Morgan fingerprint density at radius 1 is 1.05 bits per heavy atom. The molecule has 43 heavy (non-hydrogen) atoms. The van der Waals surface area contributed by atoms with Gasteiger partial charge >= 0.3 is 5.69 Å². The SMILES string of the molecule is C=Cc1c(NC)ccc(-n2ccn(-c3c4c(nn3-c3cc(C)c(F)c(C)c3)CCN(C(=C)C)[C@H]4C)c2=O)c1F.CC.CC. The molecule has 0 aliphatic carbocycles. The summed E-state index contributed by atoms with van der Waals surface area (Å²) in [5.41, 5.74) is 4.75. The van der Waals surface area contributed by atoms with E-state index in [0.29, 0.717) is 34.7 Å². The zero-order chi connectivity index (χ0) is 32.2. The molecular weight excluding hydrogens is 546 g/mol. The van der Waals surface area contributed by atoms with Crippen LogP contribution in [0.15, 0.2) is 60.3 Å². The standard InChI is InChI=1S/C30H32F2N6O.2C2H6/c1-8-22-23(33-7)9-10-25(28(22)32)36-13-14-37(30(36)39)29-26-20(6)35(17(2)3)12-11-24(26)34-38(29)21-15-18(4)27(31)19(5)16-21;2*1-2/h8-10,13-16,20,33H,1-2,11-12H2,3-7H3;2*1-2H3/t20-;;/m0../s1. The summed E-state index contributed by atoms with van der Waals surface area (Å²) in [6.45, 7) is 24.0. The third-order valence-corrected chi connectivity index (χ3v) is 7.50. The van der Waals surface area contributed by atoms with Crippen molar-refractivity contribution in [1.29, 1.82) is 0 Å². The van der Waals surface area contributed by atoms with Crippen molar-refractivity contribution < 1.29 is 8.78 Å². The minimum atomic E-state index is -0.557. The number of allylic oxidation sites excluding steroid dienone is 1. The van der Waals surface area contributed by atoms with Gasteiger partial charge in [0.25, 0.3) is 0 Å². The molecule has 4 aromatic rings. The summed E-state index contributed by atoms with van der Waals surface area (Å²) in [4.78, 5) is 16.1. The highest BCUT2D eigenvalue weighted by molar-refractivity contribution is 5.69. The second-order valence-corrected chi connectivity index (χ2v) is 9.98. The van der Waals surface area contributed by atoms with Crippen LogP contribution in [0, 0.1) is 25.5 Å². The fourth-order valence-corrected chi connectivity index (χ4v) is 5.54. The molecule has 2 aromatic heterocycles. The van der Waals surface area contributed by atoms with E-state index in [9.17, 15) is 9.18 Å². The van der Waals surface area contributed by atoms with Crippen molar-refractivity contribution in [2.24, 2.45) is 0 Å². The molecule has 0 spiro atoms. The van der Waals surface area contributed by atoms with Gasteiger partial charge in [0.2, 0.25) is 0 Å². The van der Waals surface area contributed by atoms with E-state index in [1.165, 1.54) is 15.2 Å². The molecule has 230 valence electrons. The highest BCUT2D eigenvalue weighted by atomic mass is 19.1. The van der Waals surface area contributed by atoms with Crippen LogP contribution >= 0.6 is 0 Å². The number of halogens is 2. The number of anilines is 1. The van der Waals surface area contributed by atoms with Crippen LogP contribution in [0.2, 0.25) is 0 Å². The molecule has 0 fully saturated rings. The molecule has 0 amide bonds. The van der Waals surface area contributed by atoms with E-state index in [1.54, 1.807) is 62.2 Å². The lowest BCUT2D eigenvalue weighted by Gasteiger charge is -2.35. The molecule has 9 heteroatoms. The van der Waals surface area contributed by atoms with Gasteiger partial charge in [0.15, 0.2) is 5.82 Å². The van der Waals surface area contributed by atoms with Crippen molar-refractivity contribution in [2.45, 2.75) is 67.9 Å².